The summed E-state index contributed by atoms with van der Waals surface area (Å²) in [4.78, 5) is 22.7. The van der Waals surface area contributed by atoms with Gasteiger partial charge in [-0.15, -0.1) is 0 Å². The largest absolute Gasteiger partial charge is 0.481 e. The molecule has 19 heavy (non-hydrogen) atoms. The van der Waals surface area contributed by atoms with E-state index in [1.165, 1.54) is 0 Å². The van der Waals surface area contributed by atoms with E-state index in [-0.39, 0.29) is 24.8 Å². The second-order valence-corrected chi connectivity index (χ2v) is 6.94. The third-order valence-corrected chi connectivity index (χ3v) is 4.23. The van der Waals surface area contributed by atoms with Crippen molar-refractivity contribution >= 4 is 11.9 Å². The number of aliphatic carboxylic acids is 1. The van der Waals surface area contributed by atoms with Gasteiger partial charge in [-0.05, 0) is 36.5 Å². The van der Waals surface area contributed by atoms with E-state index in [0.717, 1.165) is 25.2 Å². The highest BCUT2D eigenvalue weighted by Crippen LogP contribution is 2.30. The molecule has 0 aromatic heterocycles. The third-order valence-electron chi connectivity index (χ3n) is 4.23. The molecule has 4 nitrogen and oxygen atoms in total. The zero-order chi connectivity index (χ0) is 14.6. The maximum absolute atomic E-state index is 12.0. The molecule has 2 N–H and O–H groups in total. The van der Waals surface area contributed by atoms with Gasteiger partial charge < -0.3 is 10.4 Å². The Morgan fingerprint density at radius 2 is 1.79 bits per heavy atom. The minimum atomic E-state index is -0.849. The van der Waals surface area contributed by atoms with Crippen LogP contribution in [0.5, 0.6) is 0 Å². The monoisotopic (exact) mass is 269 g/mol. The molecule has 1 fully saturated rings. The Bertz CT molecular complexity index is 338. The van der Waals surface area contributed by atoms with Crippen molar-refractivity contribution < 1.29 is 14.7 Å². The van der Waals surface area contributed by atoms with Gasteiger partial charge in [0.05, 0.1) is 6.42 Å². The second kappa shape index (κ2) is 6.40. The van der Waals surface area contributed by atoms with E-state index in [1.54, 1.807) is 0 Å². The minimum absolute atomic E-state index is 0.0157. The van der Waals surface area contributed by atoms with E-state index in [4.69, 9.17) is 5.11 Å². The summed E-state index contributed by atoms with van der Waals surface area (Å²) in [7, 11) is 0. The van der Waals surface area contributed by atoms with Crippen LogP contribution in [0.4, 0.5) is 0 Å². The Labute approximate surface area is 116 Å². The zero-order valence-electron chi connectivity index (χ0n) is 12.5. The fourth-order valence-electron chi connectivity index (χ4n) is 2.86. The fourth-order valence-corrected chi connectivity index (χ4v) is 2.86. The smallest absolute Gasteiger partial charge is 0.303 e. The number of carboxylic acid groups (broad SMARTS) is 1. The molecule has 0 aliphatic heterocycles. The van der Waals surface area contributed by atoms with Crippen LogP contribution in [0.1, 0.15) is 59.8 Å². The predicted molar refractivity (Wildman–Crippen MR) is 74.8 cm³/mol. The number of carbonyl (C=O) groups is 2. The summed E-state index contributed by atoms with van der Waals surface area (Å²) in [6, 6.07) is 0.263. The van der Waals surface area contributed by atoms with Crippen molar-refractivity contribution in [3.8, 4) is 0 Å². The van der Waals surface area contributed by atoms with Gasteiger partial charge in [0.15, 0.2) is 0 Å². The first kappa shape index (κ1) is 16.0. The lowest BCUT2D eigenvalue weighted by molar-refractivity contribution is -0.139. The Hall–Kier alpha value is -1.06. The zero-order valence-corrected chi connectivity index (χ0v) is 12.5. The van der Waals surface area contributed by atoms with E-state index in [0.29, 0.717) is 5.92 Å². The molecule has 3 unspecified atom stereocenters. The maximum Gasteiger partial charge on any atom is 0.303 e. The summed E-state index contributed by atoms with van der Waals surface area (Å²) in [6.45, 7) is 8.15. The molecule has 0 aromatic rings. The fraction of sp³-hybridized carbons (Fsp3) is 0.867. The van der Waals surface area contributed by atoms with E-state index >= 15 is 0 Å². The van der Waals surface area contributed by atoms with E-state index in [2.05, 4.69) is 19.2 Å². The topological polar surface area (TPSA) is 66.4 Å². The van der Waals surface area contributed by atoms with Crippen molar-refractivity contribution in [2.24, 2.45) is 17.3 Å². The van der Waals surface area contributed by atoms with Crippen LogP contribution in [0.15, 0.2) is 0 Å². The van der Waals surface area contributed by atoms with Crippen molar-refractivity contribution in [1.82, 2.24) is 5.32 Å². The molecule has 0 heterocycles. The lowest BCUT2D eigenvalue weighted by Crippen LogP contribution is -2.41. The van der Waals surface area contributed by atoms with Crippen LogP contribution >= 0.6 is 0 Å². The Kier molecular flexibility index (Phi) is 5.39. The van der Waals surface area contributed by atoms with Crippen LogP contribution in [-0.2, 0) is 9.59 Å². The summed E-state index contributed by atoms with van der Waals surface area (Å²) in [5.74, 6) is 0.513. The number of carbonyl (C=O) groups excluding carboxylic acids is 1. The minimum Gasteiger partial charge on any atom is -0.481 e. The van der Waals surface area contributed by atoms with Crippen LogP contribution in [0.3, 0.4) is 0 Å². The average molecular weight is 269 g/mol. The van der Waals surface area contributed by atoms with Crippen LogP contribution in [0.2, 0.25) is 0 Å². The van der Waals surface area contributed by atoms with Gasteiger partial charge in [-0.2, -0.15) is 0 Å². The molecule has 0 bridgehead atoms. The van der Waals surface area contributed by atoms with Gasteiger partial charge in [0, 0.05) is 12.5 Å². The molecule has 0 aromatic carbocycles. The van der Waals surface area contributed by atoms with Gasteiger partial charge in [-0.25, -0.2) is 0 Å². The van der Waals surface area contributed by atoms with Gasteiger partial charge in [-0.1, -0.05) is 27.7 Å². The maximum atomic E-state index is 12.0. The standard InChI is InChI=1S/C15H27NO3/c1-10-5-6-12(7-11(10)2)16-13(17)8-15(3,4)9-14(18)19/h10-12H,5-9H2,1-4H3,(H,16,17)(H,18,19). The molecule has 3 atom stereocenters. The van der Waals surface area contributed by atoms with Crippen LogP contribution in [-0.4, -0.2) is 23.0 Å². The first-order valence-corrected chi connectivity index (χ1v) is 7.21. The Balaban J connectivity index is 2.41. The molecule has 1 aliphatic rings. The van der Waals surface area contributed by atoms with Crippen molar-refractivity contribution in [2.75, 3.05) is 0 Å². The number of nitrogens with one attached hydrogen (secondary N) is 1. The summed E-state index contributed by atoms with van der Waals surface area (Å²) >= 11 is 0. The second-order valence-electron chi connectivity index (χ2n) is 6.94. The molecule has 0 saturated heterocycles. The van der Waals surface area contributed by atoms with Crippen LogP contribution in [0.25, 0.3) is 0 Å². The molecule has 1 saturated carbocycles. The van der Waals surface area contributed by atoms with Crippen molar-refractivity contribution in [1.29, 1.82) is 0 Å². The number of hydrogen-bond donors (Lipinski definition) is 2. The first-order chi connectivity index (χ1) is 8.69. The summed E-state index contributed by atoms with van der Waals surface area (Å²) in [6.07, 6.45) is 3.53. The predicted octanol–water partition coefficient (Wildman–Crippen LogP) is 2.82. The normalized spacial score (nSPS) is 27.9. The molecule has 1 amide bonds. The average Bonchev–Trinajstić information content (AvgIpc) is 2.20. The van der Waals surface area contributed by atoms with Gasteiger partial charge in [0.1, 0.15) is 0 Å². The van der Waals surface area contributed by atoms with Crippen molar-refractivity contribution in [3.63, 3.8) is 0 Å². The van der Waals surface area contributed by atoms with Gasteiger partial charge in [-0.3, -0.25) is 9.59 Å². The molecule has 4 heteroatoms. The molecule has 1 rings (SSSR count). The van der Waals surface area contributed by atoms with Crippen LogP contribution < -0.4 is 5.32 Å². The Morgan fingerprint density at radius 3 is 2.32 bits per heavy atom. The Morgan fingerprint density at radius 1 is 1.16 bits per heavy atom. The molecule has 0 radical (unpaired) electrons. The van der Waals surface area contributed by atoms with E-state index < -0.39 is 11.4 Å². The number of rotatable bonds is 5. The van der Waals surface area contributed by atoms with Gasteiger partial charge >= 0.3 is 5.97 Å². The number of amides is 1. The summed E-state index contributed by atoms with van der Waals surface area (Å²) in [5.41, 5.74) is -0.483. The lowest BCUT2D eigenvalue weighted by atomic mass is 9.79. The SMILES string of the molecule is CC1CCC(NC(=O)CC(C)(C)CC(=O)O)CC1C. The molecule has 1 aliphatic carbocycles. The third kappa shape index (κ3) is 5.62. The number of carboxylic acids is 1. The molecular weight excluding hydrogens is 242 g/mol. The summed E-state index contributed by atoms with van der Waals surface area (Å²) < 4.78 is 0. The van der Waals surface area contributed by atoms with E-state index in [1.807, 2.05) is 13.8 Å². The first-order valence-electron chi connectivity index (χ1n) is 7.21. The molecule has 0 spiro atoms. The van der Waals surface area contributed by atoms with Gasteiger partial charge in [0.2, 0.25) is 5.91 Å². The highest BCUT2D eigenvalue weighted by Gasteiger charge is 2.29. The van der Waals surface area contributed by atoms with Crippen LogP contribution in [0, 0.1) is 17.3 Å². The highest BCUT2D eigenvalue weighted by molar-refractivity contribution is 5.78. The summed E-state index contributed by atoms with van der Waals surface area (Å²) in [5, 5.41) is 11.9. The van der Waals surface area contributed by atoms with Crippen molar-refractivity contribution in [3.05, 3.63) is 0 Å². The van der Waals surface area contributed by atoms with Crippen molar-refractivity contribution in [2.45, 2.75) is 65.8 Å². The van der Waals surface area contributed by atoms with E-state index in [9.17, 15) is 9.59 Å². The quantitative estimate of drug-likeness (QED) is 0.806. The highest BCUT2D eigenvalue weighted by atomic mass is 16.4. The lowest BCUT2D eigenvalue weighted by Gasteiger charge is -2.33. The van der Waals surface area contributed by atoms with Gasteiger partial charge in [0.25, 0.3) is 0 Å². The molecular formula is C15H27NO3. The number of hydrogen-bond acceptors (Lipinski definition) is 2. The molecule has 110 valence electrons.